The van der Waals surface area contributed by atoms with Crippen LogP contribution < -0.4 is 0 Å². The number of hydrogen-bond acceptors (Lipinski definition) is 6. The summed E-state index contributed by atoms with van der Waals surface area (Å²) in [4.78, 5) is 38.2. The predicted molar refractivity (Wildman–Crippen MR) is 334 cm³/mol. The molecular formula is C71H108O6. The molecule has 0 rings (SSSR count). The predicted octanol–water partition coefficient (Wildman–Crippen LogP) is 20.9. The van der Waals surface area contributed by atoms with Crippen LogP contribution in [0.25, 0.3) is 0 Å². The van der Waals surface area contributed by atoms with Gasteiger partial charge in [-0.15, -0.1) is 0 Å². The average molecular weight is 1060 g/mol. The zero-order valence-electron chi connectivity index (χ0n) is 48.9. The van der Waals surface area contributed by atoms with E-state index in [0.29, 0.717) is 12.8 Å². The molecule has 0 N–H and O–H groups in total. The molecule has 1 unspecified atom stereocenters. The summed E-state index contributed by atoms with van der Waals surface area (Å²) in [5.41, 5.74) is 0. The summed E-state index contributed by atoms with van der Waals surface area (Å²) in [6, 6.07) is 0. The van der Waals surface area contributed by atoms with E-state index in [-0.39, 0.29) is 37.5 Å². The molecule has 0 saturated heterocycles. The summed E-state index contributed by atoms with van der Waals surface area (Å²) in [5.74, 6) is -1.01. The number of esters is 3. The van der Waals surface area contributed by atoms with Gasteiger partial charge in [-0.1, -0.05) is 235 Å². The molecule has 0 saturated carbocycles. The largest absolute Gasteiger partial charge is 0.462 e. The maximum Gasteiger partial charge on any atom is 0.306 e. The lowest BCUT2D eigenvalue weighted by Crippen LogP contribution is -2.30. The molecule has 0 spiro atoms. The van der Waals surface area contributed by atoms with Gasteiger partial charge >= 0.3 is 17.9 Å². The highest BCUT2D eigenvalue weighted by Crippen LogP contribution is 2.12. The molecule has 77 heavy (non-hydrogen) atoms. The molecule has 0 aliphatic carbocycles. The average Bonchev–Trinajstić information content (AvgIpc) is 3.43. The molecule has 6 heteroatoms. The van der Waals surface area contributed by atoms with Gasteiger partial charge in [-0.05, 0) is 154 Å². The van der Waals surface area contributed by atoms with Crippen LogP contribution in [0.4, 0.5) is 0 Å². The van der Waals surface area contributed by atoms with Crippen LogP contribution >= 0.6 is 0 Å². The third-order valence-corrected chi connectivity index (χ3v) is 11.9. The Labute approximate surface area is 472 Å². The second-order valence-electron chi connectivity index (χ2n) is 19.1. The van der Waals surface area contributed by atoms with Gasteiger partial charge < -0.3 is 14.2 Å². The number of unbranched alkanes of at least 4 members (excludes halogenated alkanes) is 11. The van der Waals surface area contributed by atoms with E-state index in [1.165, 1.54) is 0 Å². The summed E-state index contributed by atoms with van der Waals surface area (Å²) in [5, 5.41) is 0. The van der Waals surface area contributed by atoms with E-state index < -0.39 is 6.10 Å². The summed E-state index contributed by atoms with van der Waals surface area (Å²) >= 11 is 0. The van der Waals surface area contributed by atoms with E-state index in [2.05, 4.69) is 203 Å². The van der Waals surface area contributed by atoms with Crippen molar-refractivity contribution in [3.05, 3.63) is 182 Å². The maximum atomic E-state index is 12.9. The Balaban J connectivity index is 4.43. The third kappa shape index (κ3) is 61.2. The van der Waals surface area contributed by atoms with Crippen LogP contribution in [-0.2, 0) is 28.6 Å². The highest BCUT2D eigenvalue weighted by molar-refractivity contribution is 5.71. The standard InChI is InChI=1S/C71H108O6/c1-4-7-10-13-16-19-22-25-27-28-29-30-31-32-33-34-35-36-37-38-39-40-41-42-44-46-49-52-55-58-61-64-70(73)76-67-68(66-75-69(72)63-60-57-54-51-48-45-24-21-18-15-12-9-6-3)77-71(74)65-62-59-56-53-50-47-43-26-23-20-17-14-11-8-5-2/h7-12,16-21,25-27,29-30,32-33,35-36,38-39,41-43,45-46,48-49,68H,4-6,13-15,22-24,28,31,34,37,40,44,47,50-67H2,1-3H3/b10-7-,11-8-,12-9-,19-16-,20-17-,21-18-,27-25-,30-29-,33-32-,36-35-,39-38-,42-41-,43-26-,48-45-,49-46-. The number of carbonyl (C=O) groups is 3. The minimum absolute atomic E-state index is 0.120. The van der Waals surface area contributed by atoms with Crippen LogP contribution in [0, 0.1) is 0 Å². The Hall–Kier alpha value is -5.49. The summed E-state index contributed by atoms with van der Waals surface area (Å²) < 4.78 is 16.8. The van der Waals surface area contributed by atoms with Crippen LogP contribution in [0.5, 0.6) is 0 Å². The fourth-order valence-electron chi connectivity index (χ4n) is 7.46. The minimum atomic E-state index is -0.824. The van der Waals surface area contributed by atoms with E-state index in [1.807, 2.05) is 0 Å². The van der Waals surface area contributed by atoms with Crippen LogP contribution in [0.3, 0.4) is 0 Å². The maximum absolute atomic E-state index is 12.9. The fraction of sp³-hybridized carbons (Fsp3) is 0.535. The highest BCUT2D eigenvalue weighted by Gasteiger charge is 2.19. The van der Waals surface area contributed by atoms with Crippen molar-refractivity contribution in [3.63, 3.8) is 0 Å². The van der Waals surface area contributed by atoms with Crippen molar-refractivity contribution in [1.29, 1.82) is 0 Å². The molecule has 0 aliphatic heterocycles. The first-order chi connectivity index (χ1) is 38.0. The molecule has 0 aromatic rings. The molecule has 0 aliphatic rings. The van der Waals surface area contributed by atoms with Crippen molar-refractivity contribution in [2.75, 3.05) is 13.2 Å². The van der Waals surface area contributed by atoms with Crippen molar-refractivity contribution in [2.45, 2.75) is 232 Å². The lowest BCUT2D eigenvalue weighted by molar-refractivity contribution is -0.167. The second kappa shape index (κ2) is 63.0. The Morgan fingerprint density at radius 1 is 0.260 bits per heavy atom. The molecule has 0 bridgehead atoms. The van der Waals surface area contributed by atoms with Crippen molar-refractivity contribution < 1.29 is 28.6 Å². The monoisotopic (exact) mass is 1060 g/mol. The number of rotatable bonds is 52. The van der Waals surface area contributed by atoms with Gasteiger partial charge in [-0.3, -0.25) is 14.4 Å². The van der Waals surface area contributed by atoms with Gasteiger partial charge in [-0.25, -0.2) is 0 Å². The zero-order chi connectivity index (χ0) is 55.7. The number of carbonyl (C=O) groups excluding carboxylic acids is 3. The van der Waals surface area contributed by atoms with E-state index in [9.17, 15) is 14.4 Å². The zero-order valence-corrected chi connectivity index (χ0v) is 48.9. The smallest absolute Gasteiger partial charge is 0.306 e. The Morgan fingerprint density at radius 2 is 0.468 bits per heavy atom. The van der Waals surface area contributed by atoms with E-state index in [0.717, 1.165) is 186 Å². The molecule has 0 aromatic carbocycles. The van der Waals surface area contributed by atoms with Gasteiger partial charge in [0.15, 0.2) is 6.10 Å². The number of hydrogen-bond donors (Lipinski definition) is 0. The molecule has 0 heterocycles. The molecule has 1 atom stereocenters. The van der Waals surface area contributed by atoms with E-state index in [1.54, 1.807) is 0 Å². The van der Waals surface area contributed by atoms with Crippen LogP contribution in [0.15, 0.2) is 182 Å². The Kier molecular flexibility index (Phi) is 58.6. The van der Waals surface area contributed by atoms with Gasteiger partial charge in [-0.2, -0.15) is 0 Å². The first-order valence-corrected chi connectivity index (χ1v) is 30.3. The lowest BCUT2D eigenvalue weighted by Gasteiger charge is -2.18. The number of ether oxygens (including phenoxy) is 3. The van der Waals surface area contributed by atoms with Gasteiger partial charge in [0.05, 0.1) is 0 Å². The van der Waals surface area contributed by atoms with Crippen molar-refractivity contribution >= 4 is 17.9 Å². The van der Waals surface area contributed by atoms with Gasteiger partial charge in [0.25, 0.3) is 0 Å². The Morgan fingerprint density at radius 3 is 0.740 bits per heavy atom. The van der Waals surface area contributed by atoms with Crippen molar-refractivity contribution in [1.82, 2.24) is 0 Å². The molecule has 0 aromatic heterocycles. The molecule has 0 amide bonds. The third-order valence-electron chi connectivity index (χ3n) is 11.9. The normalized spacial score (nSPS) is 13.4. The topological polar surface area (TPSA) is 78.9 Å². The summed E-state index contributed by atoms with van der Waals surface area (Å²) in [6.45, 7) is 6.21. The molecular weight excluding hydrogens is 949 g/mol. The minimum Gasteiger partial charge on any atom is -0.462 e. The van der Waals surface area contributed by atoms with Gasteiger partial charge in [0.1, 0.15) is 13.2 Å². The van der Waals surface area contributed by atoms with E-state index in [4.69, 9.17) is 14.2 Å². The second-order valence-corrected chi connectivity index (χ2v) is 19.1. The lowest BCUT2D eigenvalue weighted by atomic mass is 10.1. The summed E-state index contributed by atoms with van der Waals surface area (Å²) in [6.07, 6.45) is 94.7. The SMILES string of the molecule is CC/C=C\C/C=C\C/C=C\C/C=C\C/C=C\C/C=C\C/C=C\C/C=C\C/C=C\CCCCCC(=O)OCC(COC(=O)CCCCC/C=C\C/C=C\C/C=C\CC)OC(=O)CCCCCCC/C=C\C/C=C\C/C=C\CC. The molecule has 0 fully saturated rings. The van der Waals surface area contributed by atoms with Crippen LogP contribution in [-0.4, -0.2) is 37.2 Å². The first kappa shape index (κ1) is 71.5. The fourth-order valence-corrected chi connectivity index (χ4v) is 7.46. The van der Waals surface area contributed by atoms with Gasteiger partial charge in [0, 0.05) is 19.3 Å². The quantitative estimate of drug-likeness (QED) is 0.0261. The van der Waals surface area contributed by atoms with Gasteiger partial charge in [0.2, 0.25) is 0 Å². The van der Waals surface area contributed by atoms with Crippen molar-refractivity contribution in [3.8, 4) is 0 Å². The first-order valence-electron chi connectivity index (χ1n) is 30.3. The van der Waals surface area contributed by atoms with E-state index >= 15 is 0 Å². The highest BCUT2D eigenvalue weighted by atomic mass is 16.6. The molecule has 6 nitrogen and oxygen atoms in total. The molecule has 428 valence electrons. The van der Waals surface area contributed by atoms with Crippen LogP contribution in [0.1, 0.15) is 226 Å². The summed E-state index contributed by atoms with van der Waals surface area (Å²) in [7, 11) is 0. The Bertz CT molecular complexity index is 1840. The van der Waals surface area contributed by atoms with Crippen molar-refractivity contribution in [2.24, 2.45) is 0 Å². The molecule has 0 radical (unpaired) electrons. The number of allylic oxidation sites excluding steroid dienone is 30. The van der Waals surface area contributed by atoms with Crippen LogP contribution in [0.2, 0.25) is 0 Å².